The Labute approximate surface area is 132 Å². The average molecular weight is 306 g/mol. The molecular weight excluding hydrogens is 280 g/mol. The van der Waals surface area contributed by atoms with E-state index in [0.29, 0.717) is 24.4 Å². The van der Waals surface area contributed by atoms with Crippen molar-refractivity contribution in [3.63, 3.8) is 0 Å². The lowest BCUT2D eigenvalue weighted by atomic mass is 10.2. The van der Waals surface area contributed by atoms with E-state index < -0.39 is 6.10 Å². The summed E-state index contributed by atoms with van der Waals surface area (Å²) in [5, 5.41) is 12.1. The van der Waals surface area contributed by atoms with Gasteiger partial charge in [0.1, 0.15) is 5.75 Å². The number of nitrogens with one attached hydrogen (secondary N) is 1. The molecule has 5 nitrogen and oxygen atoms in total. The Bertz CT molecular complexity index is 502. The molecule has 2 unspecified atom stereocenters. The molecule has 2 rings (SSSR count). The molecule has 1 aromatic rings. The highest BCUT2D eigenvalue weighted by Gasteiger charge is 2.29. The number of aliphatic hydroxyl groups excluding tert-OH is 1. The minimum Gasteiger partial charge on any atom is -0.481 e. The molecule has 0 radical (unpaired) electrons. The summed E-state index contributed by atoms with van der Waals surface area (Å²) >= 11 is 0. The number of likely N-dealkylation sites (N-methyl/N-ethyl adjacent to an activating group) is 1. The molecule has 0 bridgehead atoms. The average Bonchev–Trinajstić information content (AvgIpc) is 3.36. The third-order valence-electron chi connectivity index (χ3n) is 4.15. The van der Waals surface area contributed by atoms with Crippen LogP contribution in [-0.2, 0) is 11.4 Å². The number of hydrogen-bond acceptors (Lipinski definition) is 4. The van der Waals surface area contributed by atoms with Crippen LogP contribution in [0, 0.1) is 0 Å². The van der Waals surface area contributed by atoms with Crippen molar-refractivity contribution >= 4 is 5.91 Å². The Hall–Kier alpha value is -1.59. The van der Waals surface area contributed by atoms with Crippen LogP contribution in [0.1, 0.15) is 32.3 Å². The Morgan fingerprint density at radius 3 is 2.82 bits per heavy atom. The molecule has 0 spiro atoms. The highest BCUT2D eigenvalue weighted by Crippen LogP contribution is 2.26. The van der Waals surface area contributed by atoms with Gasteiger partial charge in [-0.2, -0.15) is 0 Å². The predicted molar refractivity (Wildman–Crippen MR) is 85.7 cm³/mol. The van der Waals surface area contributed by atoms with Crippen molar-refractivity contribution in [2.24, 2.45) is 0 Å². The number of rotatable bonds is 8. The molecule has 122 valence electrons. The standard InChI is InChI=1S/C17H26N2O3/c1-12(19(3)15-7-8-15)10-18-17(21)13(2)22-16-6-4-5-14(9-16)11-20/h4-6,9,12-13,15,20H,7-8,10-11H2,1-3H3,(H,18,21). The molecule has 2 atom stereocenters. The molecule has 1 amide bonds. The number of hydrogen-bond donors (Lipinski definition) is 2. The first-order valence-electron chi connectivity index (χ1n) is 7.87. The second-order valence-electron chi connectivity index (χ2n) is 6.06. The summed E-state index contributed by atoms with van der Waals surface area (Å²) in [6, 6.07) is 8.15. The molecule has 0 heterocycles. The zero-order valence-electron chi connectivity index (χ0n) is 13.6. The fourth-order valence-electron chi connectivity index (χ4n) is 2.35. The molecule has 0 aliphatic heterocycles. The molecule has 22 heavy (non-hydrogen) atoms. The van der Waals surface area contributed by atoms with Crippen molar-refractivity contribution in [3.8, 4) is 5.75 Å². The van der Waals surface area contributed by atoms with Gasteiger partial charge in [-0.25, -0.2) is 0 Å². The van der Waals surface area contributed by atoms with Crippen LogP contribution in [0.5, 0.6) is 5.75 Å². The second kappa shape index (κ2) is 7.61. The van der Waals surface area contributed by atoms with Gasteiger partial charge in [0, 0.05) is 18.6 Å². The third kappa shape index (κ3) is 4.71. The normalized spacial score (nSPS) is 17.1. The number of ether oxygens (including phenoxy) is 1. The van der Waals surface area contributed by atoms with Gasteiger partial charge in [-0.3, -0.25) is 9.69 Å². The second-order valence-corrected chi connectivity index (χ2v) is 6.06. The topological polar surface area (TPSA) is 61.8 Å². The van der Waals surface area contributed by atoms with Crippen molar-refractivity contribution in [2.45, 2.75) is 51.5 Å². The van der Waals surface area contributed by atoms with E-state index in [0.717, 1.165) is 5.56 Å². The lowest BCUT2D eigenvalue weighted by Crippen LogP contribution is -2.44. The van der Waals surface area contributed by atoms with Gasteiger partial charge in [0.25, 0.3) is 5.91 Å². The molecule has 1 aromatic carbocycles. The van der Waals surface area contributed by atoms with Gasteiger partial charge in [-0.15, -0.1) is 0 Å². The number of benzene rings is 1. The van der Waals surface area contributed by atoms with E-state index in [4.69, 9.17) is 9.84 Å². The van der Waals surface area contributed by atoms with E-state index in [-0.39, 0.29) is 12.5 Å². The summed E-state index contributed by atoms with van der Waals surface area (Å²) in [5.74, 6) is 0.475. The van der Waals surface area contributed by atoms with Crippen LogP contribution in [0.25, 0.3) is 0 Å². The molecule has 0 aromatic heterocycles. The SMILES string of the molecule is CC(Oc1cccc(CO)c1)C(=O)NCC(C)N(C)C1CC1. The zero-order valence-corrected chi connectivity index (χ0v) is 13.6. The van der Waals surface area contributed by atoms with Gasteiger partial charge in [0.05, 0.1) is 6.61 Å². The summed E-state index contributed by atoms with van der Waals surface area (Å²) < 4.78 is 5.63. The van der Waals surface area contributed by atoms with Crippen LogP contribution in [0.2, 0.25) is 0 Å². The van der Waals surface area contributed by atoms with Crippen LogP contribution < -0.4 is 10.1 Å². The first-order chi connectivity index (χ1) is 10.5. The van der Waals surface area contributed by atoms with Crippen LogP contribution >= 0.6 is 0 Å². The third-order valence-corrected chi connectivity index (χ3v) is 4.15. The van der Waals surface area contributed by atoms with Crippen molar-refractivity contribution in [1.29, 1.82) is 0 Å². The smallest absolute Gasteiger partial charge is 0.260 e. The molecular formula is C17H26N2O3. The lowest BCUT2D eigenvalue weighted by Gasteiger charge is -2.25. The predicted octanol–water partition coefficient (Wildman–Crippen LogP) is 1.55. The van der Waals surface area contributed by atoms with E-state index in [9.17, 15) is 4.79 Å². The molecule has 0 saturated heterocycles. The number of carbonyl (C=O) groups is 1. The Morgan fingerprint density at radius 2 is 2.18 bits per heavy atom. The van der Waals surface area contributed by atoms with Crippen LogP contribution in [0.3, 0.4) is 0 Å². The van der Waals surface area contributed by atoms with E-state index in [1.165, 1.54) is 12.8 Å². The minimum absolute atomic E-state index is 0.0389. The zero-order chi connectivity index (χ0) is 16.1. The summed E-state index contributed by atoms with van der Waals surface area (Å²) in [7, 11) is 2.11. The highest BCUT2D eigenvalue weighted by molar-refractivity contribution is 5.80. The van der Waals surface area contributed by atoms with Crippen LogP contribution in [-0.4, -0.2) is 47.7 Å². The van der Waals surface area contributed by atoms with E-state index in [2.05, 4.69) is 24.2 Å². The number of nitrogens with zero attached hydrogens (tertiary/aromatic N) is 1. The summed E-state index contributed by atoms with van der Waals surface area (Å²) in [5.41, 5.74) is 0.768. The number of aliphatic hydroxyl groups is 1. The van der Waals surface area contributed by atoms with Crippen LogP contribution in [0.4, 0.5) is 0 Å². The summed E-state index contributed by atoms with van der Waals surface area (Å²) in [6.45, 7) is 4.43. The van der Waals surface area contributed by atoms with Crippen molar-refractivity contribution < 1.29 is 14.6 Å². The molecule has 5 heteroatoms. The van der Waals surface area contributed by atoms with Gasteiger partial charge in [0.2, 0.25) is 0 Å². The van der Waals surface area contributed by atoms with E-state index >= 15 is 0 Å². The Balaban J connectivity index is 1.78. The number of carbonyl (C=O) groups excluding carboxylic acids is 1. The van der Waals surface area contributed by atoms with E-state index in [1.54, 1.807) is 25.1 Å². The molecule has 1 fully saturated rings. The van der Waals surface area contributed by atoms with Gasteiger partial charge in [0.15, 0.2) is 6.10 Å². The molecule has 2 N–H and O–H groups in total. The quantitative estimate of drug-likeness (QED) is 0.765. The lowest BCUT2D eigenvalue weighted by molar-refractivity contribution is -0.127. The van der Waals surface area contributed by atoms with Gasteiger partial charge in [-0.1, -0.05) is 12.1 Å². The molecule has 1 aliphatic rings. The molecule has 1 aliphatic carbocycles. The van der Waals surface area contributed by atoms with Crippen molar-refractivity contribution in [2.75, 3.05) is 13.6 Å². The first kappa shape index (κ1) is 16.8. The number of amides is 1. The molecule has 1 saturated carbocycles. The Kier molecular flexibility index (Phi) is 5.80. The highest BCUT2D eigenvalue weighted by atomic mass is 16.5. The summed E-state index contributed by atoms with van der Waals surface area (Å²) in [4.78, 5) is 14.4. The van der Waals surface area contributed by atoms with Gasteiger partial charge < -0.3 is 15.2 Å². The van der Waals surface area contributed by atoms with Crippen molar-refractivity contribution in [3.05, 3.63) is 29.8 Å². The summed E-state index contributed by atoms with van der Waals surface area (Å²) in [6.07, 6.45) is 1.96. The minimum atomic E-state index is -0.563. The van der Waals surface area contributed by atoms with Crippen molar-refractivity contribution in [1.82, 2.24) is 10.2 Å². The fraction of sp³-hybridized carbons (Fsp3) is 0.588. The fourth-order valence-corrected chi connectivity index (χ4v) is 2.35. The maximum Gasteiger partial charge on any atom is 0.260 e. The maximum atomic E-state index is 12.1. The Morgan fingerprint density at radius 1 is 1.45 bits per heavy atom. The maximum absolute atomic E-state index is 12.1. The van der Waals surface area contributed by atoms with Gasteiger partial charge >= 0.3 is 0 Å². The monoisotopic (exact) mass is 306 g/mol. The van der Waals surface area contributed by atoms with Gasteiger partial charge in [-0.05, 0) is 51.4 Å². The van der Waals surface area contributed by atoms with Crippen LogP contribution in [0.15, 0.2) is 24.3 Å². The largest absolute Gasteiger partial charge is 0.481 e. The van der Waals surface area contributed by atoms with E-state index in [1.807, 2.05) is 6.07 Å². The first-order valence-corrected chi connectivity index (χ1v) is 7.87.